The topological polar surface area (TPSA) is 38.3 Å². The first-order valence-corrected chi connectivity index (χ1v) is 8.42. The smallest absolute Gasteiger partial charge is 0.262 e. The van der Waals surface area contributed by atoms with Gasteiger partial charge in [0, 0.05) is 13.7 Å². The van der Waals surface area contributed by atoms with Crippen molar-refractivity contribution in [2.24, 2.45) is 0 Å². The van der Waals surface area contributed by atoms with Gasteiger partial charge in [0.2, 0.25) is 0 Å². The molecule has 5 heteroatoms. The van der Waals surface area contributed by atoms with E-state index in [1.807, 2.05) is 36.4 Å². The van der Waals surface area contributed by atoms with Crippen LogP contribution in [-0.4, -0.2) is 12.5 Å². The molecule has 0 unspecified atom stereocenters. The average molecular weight is 460 g/mol. The minimum atomic E-state index is -0.158. The molecule has 2 aromatic carbocycles. The number of nitrogens with one attached hydrogen (secondary N) is 1. The van der Waals surface area contributed by atoms with E-state index in [0.717, 1.165) is 25.7 Å². The molecular formula is C16H15BrINO2. The van der Waals surface area contributed by atoms with E-state index in [9.17, 15) is 4.79 Å². The lowest BCUT2D eigenvalue weighted by atomic mass is 10.1. The maximum absolute atomic E-state index is 12.0. The Morgan fingerprint density at radius 2 is 1.95 bits per heavy atom. The monoisotopic (exact) mass is 459 g/mol. The van der Waals surface area contributed by atoms with Crippen molar-refractivity contribution in [1.29, 1.82) is 0 Å². The molecule has 0 aromatic heterocycles. The van der Waals surface area contributed by atoms with Gasteiger partial charge in [0.15, 0.2) is 6.61 Å². The molecule has 0 aliphatic rings. The molecule has 0 fully saturated rings. The standard InChI is InChI=1S/C16H15BrINO2/c1-2-11-9-13(18)5-8-15(11)19-16(20)10-21-14-6-3-12(17)4-7-14/h3-9H,2,10H2,1H3,(H,19,20). The minimum absolute atomic E-state index is 0.00320. The number of halogens is 2. The van der Waals surface area contributed by atoms with E-state index in [2.05, 4.69) is 56.8 Å². The summed E-state index contributed by atoms with van der Waals surface area (Å²) >= 11 is 5.62. The molecule has 3 nitrogen and oxygen atoms in total. The van der Waals surface area contributed by atoms with Gasteiger partial charge in [-0.05, 0) is 77.0 Å². The number of hydrogen-bond acceptors (Lipinski definition) is 2. The third kappa shape index (κ3) is 5.00. The van der Waals surface area contributed by atoms with Crippen molar-refractivity contribution < 1.29 is 9.53 Å². The summed E-state index contributed by atoms with van der Waals surface area (Å²) in [4.78, 5) is 12.0. The average Bonchev–Trinajstić information content (AvgIpc) is 2.48. The van der Waals surface area contributed by atoms with Crippen LogP contribution in [0.2, 0.25) is 0 Å². The van der Waals surface area contributed by atoms with Gasteiger partial charge in [0.1, 0.15) is 5.75 Å². The van der Waals surface area contributed by atoms with Crippen LogP contribution in [0, 0.1) is 3.57 Å². The number of hydrogen-bond donors (Lipinski definition) is 1. The number of anilines is 1. The number of ether oxygens (including phenoxy) is 1. The van der Waals surface area contributed by atoms with Crippen LogP contribution in [-0.2, 0) is 11.2 Å². The van der Waals surface area contributed by atoms with Crippen LogP contribution >= 0.6 is 38.5 Å². The summed E-state index contributed by atoms with van der Waals surface area (Å²) in [6, 6.07) is 13.4. The molecule has 0 saturated heterocycles. The van der Waals surface area contributed by atoms with Crippen molar-refractivity contribution in [3.8, 4) is 5.75 Å². The lowest BCUT2D eigenvalue weighted by Gasteiger charge is -2.11. The fourth-order valence-corrected chi connectivity index (χ4v) is 2.66. The Kier molecular flexibility index (Phi) is 6.05. The summed E-state index contributed by atoms with van der Waals surface area (Å²) in [6.45, 7) is 2.07. The Morgan fingerprint density at radius 1 is 1.24 bits per heavy atom. The van der Waals surface area contributed by atoms with E-state index in [4.69, 9.17) is 4.74 Å². The number of amides is 1. The Bertz CT molecular complexity index is 629. The van der Waals surface area contributed by atoms with Crippen molar-refractivity contribution in [2.45, 2.75) is 13.3 Å². The van der Waals surface area contributed by atoms with Crippen molar-refractivity contribution in [2.75, 3.05) is 11.9 Å². The highest BCUT2D eigenvalue weighted by atomic mass is 127. The summed E-state index contributed by atoms with van der Waals surface area (Å²) in [7, 11) is 0. The molecule has 0 aliphatic carbocycles. The largest absolute Gasteiger partial charge is 0.484 e. The zero-order valence-corrected chi connectivity index (χ0v) is 15.3. The predicted molar refractivity (Wildman–Crippen MR) is 96.8 cm³/mol. The van der Waals surface area contributed by atoms with Gasteiger partial charge in [0.05, 0.1) is 0 Å². The fourth-order valence-electron chi connectivity index (χ4n) is 1.84. The molecule has 1 N–H and O–H groups in total. The number of aryl methyl sites for hydroxylation is 1. The first-order chi connectivity index (χ1) is 10.1. The number of rotatable bonds is 5. The molecule has 0 bridgehead atoms. The van der Waals surface area contributed by atoms with Crippen molar-refractivity contribution >= 4 is 50.1 Å². The van der Waals surface area contributed by atoms with E-state index in [-0.39, 0.29) is 12.5 Å². The van der Waals surface area contributed by atoms with Gasteiger partial charge in [-0.15, -0.1) is 0 Å². The molecule has 21 heavy (non-hydrogen) atoms. The van der Waals surface area contributed by atoms with E-state index in [1.54, 1.807) is 0 Å². The SMILES string of the molecule is CCc1cc(I)ccc1NC(=O)COc1ccc(Br)cc1. The maximum atomic E-state index is 12.0. The van der Waals surface area contributed by atoms with Crippen LogP contribution in [0.3, 0.4) is 0 Å². The van der Waals surface area contributed by atoms with Crippen molar-refractivity contribution in [1.82, 2.24) is 0 Å². The lowest BCUT2D eigenvalue weighted by Crippen LogP contribution is -2.20. The molecule has 2 rings (SSSR count). The highest BCUT2D eigenvalue weighted by Gasteiger charge is 2.07. The summed E-state index contributed by atoms with van der Waals surface area (Å²) < 4.78 is 7.60. The normalized spacial score (nSPS) is 10.2. The Labute approximate surface area is 146 Å². The Balaban J connectivity index is 1.94. The minimum Gasteiger partial charge on any atom is -0.484 e. The zero-order valence-electron chi connectivity index (χ0n) is 11.5. The first kappa shape index (κ1) is 16.3. The van der Waals surface area contributed by atoms with Gasteiger partial charge < -0.3 is 10.1 Å². The highest BCUT2D eigenvalue weighted by molar-refractivity contribution is 14.1. The van der Waals surface area contributed by atoms with Crippen LogP contribution in [0.25, 0.3) is 0 Å². The molecule has 0 spiro atoms. The summed E-state index contributed by atoms with van der Waals surface area (Å²) in [6.07, 6.45) is 0.875. The van der Waals surface area contributed by atoms with Crippen LogP contribution in [0.5, 0.6) is 5.75 Å². The van der Waals surface area contributed by atoms with Crippen molar-refractivity contribution in [3.63, 3.8) is 0 Å². The van der Waals surface area contributed by atoms with Crippen molar-refractivity contribution in [3.05, 3.63) is 56.1 Å². The molecule has 1 amide bonds. The molecule has 0 radical (unpaired) electrons. The van der Waals surface area contributed by atoms with Crippen LogP contribution in [0.1, 0.15) is 12.5 Å². The second-order valence-electron chi connectivity index (χ2n) is 4.45. The van der Waals surface area contributed by atoms with E-state index in [1.165, 1.54) is 0 Å². The van der Waals surface area contributed by atoms with Gasteiger partial charge in [-0.25, -0.2) is 0 Å². The maximum Gasteiger partial charge on any atom is 0.262 e. The van der Waals surface area contributed by atoms with Crippen LogP contribution in [0.15, 0.2) is 46.9 Å². The summed E-state index contributed by atoms with van der Waals surface area (Å²) in [5, 5.41) is 2.89. The third-order valence-electron chi connectivity index (χ3n) is 2.91. The summed E-state index contributed by atoms with van der Waals surface area (Å²) in [5.41, 5.74) is 1.97. The molecular weight excluding hydrogens is 445 g/mol. The van der Waals surface area contributed by atoms with Gasteiger partial charge in [-0.2, -0.15) is 0 Å². The van der Waals surface area contributed by atoms with Gasteiger partial charge in [-0.3, -0.25) is 4.79 Å². The fraction of sp³-hybridized carbons (Fsp3) is 0.188. The molecule has 0 aliphatic heterocycles. The highest BCUT2D eigenvalue weighted by Crippen LogP contribution is 2.20. The molecule has 0 atom stereocenters. The lowest BCUT2D eigenvalue weighted by molar-refractivity contribution is -0.118. The number of carbonyl (C=O) groups is 1. The molecule has 0 heterocycles. The van der Waals surface area contributed by atoms with E-state index >= 15 is 0 Å². The van der Waals surface area contributed by atoms with Crippen LogP contribution < -0.4 is 10.1 Å². The second-order valence-corrected chi connectivity index (χ2v) is 6.61. The molecule has 0 saturated carbocycles. The predicted octanol–water partition coefficient (Wildman–Crippen LogP) is 4.63. The summed E-state index contributed by atoms with van der Waals surface area (Å²) in [5.74, 6) is 0.514. The molecule has 110 valence electrons. The second kappa shape index (κ2) is 7.79. The van der Waals surface area contributed by atoms with Gasteiger partial charge in [0.25, 0.3) is 5.91 Å². The number of carbonyl (C=O) groups excluding carboxylic acids is 1. The Morgan fingerprint density at radius 3 is 2.62 bits per heavy atom. The number of benzene rings is 2. The first-order valence-electron chi connectivity index (χ1n) is 6.55. The quantitative estimate of drug-likeness (QED) is 0.662. The third-order valence-corrected chi connectivity index (χ3v) is 4.11. The van der Waals surface area contributed by atoms with Crippen LogP contribution in [0.4, 0.5) is 5.69 Å². The Hall–Kier alpha value is -1.08. The molecule has 2 aromatic rings. The van der Waals surface area contributed by atoms with Gasteiger partial charge >= 0.3 is 0 Å². The van der Waals surface area contributed by atoms with E-state index < -0.39 is 0 Å². The van der Waals surface area contributed by atoms with E-state index in [0.29, 0.717) is 5.75 Å². The zero-order chi connectivity index (χ0) is 15.2. The van der Waals surface area contributed by atoms with Gasteiger partial charge in [-0.1, -0.05) is 22.9 Å².